The highest BCUT2D eigenvalue weighted by Crippen LogP contribution is 2.30. The van der Waals surface area contributed by atoms with Gasteiger partial charge in [0.05, 0.1) is 10.4 Å². The van der Waals surface area contributed by atoms with Gasteiger partial charge in [-0.1, -0.05) is 53.7 Å². The summed E-state index contributed by atoms with van der Waals surface area (Å²) in [6.07, 6.45) is 0. The van der Waals surface area contributed by atoms with E-state index in [1.54, 1.807) is 18.2 Å². The number of benzene rings is 3. The molecule has 0 saturated heterocycles. The van der Waals surface area contributed by atoms with Crippen molar-refractivity contribution in [1.82, 2.24) is 19.8 Å². The first-order chi connectivity index (χ1) is 15.9. The average Bonchev–Trinajstić information content (AvgIpc) is 3.26. The van der Waals surface area contributed by atoms with E-state index in [0.717, 1.165) is 27.6 Å². The first kappa shape index (κ1) is 21.1. The fourth-order valence-corrected chi connectivity index (χ4v) is 5.17. The van der Waals surface area contributed by atoms with Crippen molar-refractivity contribution in [3.05, 3.63) is 89.5 Å². The Balaban J connectivity index is 1.69. The van der Waals surface area contributed by atoms with E-state index >= 15 is 0 Å². The number of para-hydroxylation sites is 1. The number of aryl methyl sites for hydroxylation is 2. The van der Waals surface area contributed by atoms with Crippen molar-refractivity contribution in [3.8, 4) is 0 Å². The molecule has 2 aromatic heterocycles. The second-order valence-electron chi connectivity index (χ2n) is 8.13. The molecule has 3 aromatic carbocycles. The molecule has 0 spiro atoms. The molecule has 5 aromatic rings. The minimum atomic E-state index is -3.91. The van der Waals surface area contributed by atoms with Crippen LogP contribution in [0.1, 0.15) is 29.7 Å². The van der Waals surface area contributed by atoms with Gasteiger partial charge in [0.25, 0.3) is 0 Å². The Kier molecular flexibility index (Phi) is 5.09. The summed E-state index contributed by atoms with van der Waals surface area (Å²) in [5.41, 5.74) is 3.92. The lowest BCUT2D eigenvalue weighted by atomic mass is 10.1. The van der Waals surface area contributed by atoms with Gasteiger partial charge in [-0.05, 0) is 61.7 Å². The lowest BCUT2D eigenvalue weighted by Crippen LogP contribution is -2.10. The van der Waals surface area contributed by atoms with Crippen LogP contribution >= 0.6 is 0 Å². The Morgan fingerprint density at radius 3 is 2.39 bits per heavy atom. The van der Waals surface area contributed by atoms with Gasteiger partial charge >= 0.3 is 0 Å². The molecule has 0 aliphatic rings. The Morgan fingerprint density at radius 1 is 0.909 bits per heavy atom. The quantitative estimate of drug-likeness (QED) is 0.404. The maximum Gasteiger partial charge on any atom is 0.229 e. The number of aromatic nitrogens is 4. The summed E-state index contributed by atoms with van der Waals surface area (Å²) in [5, 5.41) is 12.3. The van der Waals surface area contributed by atoms with Gasteiger partial charge in [0.2, 0.25) is 14.9 Å². The molecule has 0 bridgehead atoms. The molecule has 1 atom stereocenters. The Bertz CT molecular complexity index is 1590. The molecule has 0 aliphatic heterocycles. The third kappa shape index (κ3) is 3.62. The summed E-state index contributed by atoms with van der Waals surface area (Å²) >= 11 is 0. The third-order valence-corrected chi connectivity index (χ3v) is 7.57. The Morgan fingerprint density at radius 2 is 1.64 bits per heavy atom. The average molecular weight is 458 g/mol. The summed E-state index contributed by atoms with van der Waals surface area (Å²) in [7, 11) is -3.91. The molecule has 0 fully saturated rings. The van der Waals surface area contributed by atoms with Crippen LogP contribution < -0.4 is 5.32 Å². The number of hydrogen-bond donors (Lipinski definition) is 1. The second kappa shape index (κ2) is 7.97. The zero-order valence-electron chi connectivity index (χ0n) is 18.5. The second-order valence-corrected chi connectivity index (χ2v) is 10.00. The van der Waals surface area contributed by atoms with E-state index in [0.29, 0.717) is 5.82 Å². The van der Waals surface area contributed by atoms with E-state index in [2.05, 4.69) is 15.6 Å². The minimum absolute atomic E-state index is 0.0414. The van der Waals surface area contributed by atoms with Gasteiger partial charge in [-0.15, -0.1) is 5.10 Å². The molecule has 0 aliphatic carbocycles. The number of nitrogens with zero attached hydrogens (tertiary/aromatic N) is 4. The van der Waals surface area contributed by atoms with Crippen LogP contribution in [0, 0.1) is 13.8 Å². The molecule has 33 heavy (non-hydrogen) atoms. The number of sulfone groups is 1. The number of nitrogens with one attached hydrogen (secondary N) is 1. The molecule has 0 amide bonds. The van der Waals surface area contributed by atoms with Gasteiger partial charge in [0, 0.05) is 11.4 Å². The number of hydrogen-bond acceptors (Lipinski definition) is 6. The highest BCUT2D eigenvalue weighted by molar-refractivity contribution is 7.91. The fourth-order valence-electron chi connectivity index (χ4n) is 3.85. The lowest BCUT2D eigenvalue weighted by molar-refractivity contribution is 0.592. The van der Waals surface area contributed by atoms with Crippen LogP contribution in [-0.4, -0.2) is 28.2 Å². The lowest BCUT2D eigenvalue weighted by Gasteiger charge is -2.17. The molecular formula is C25H23N5O2S. The molecule has 2 heterocycles. The van der Waals surface area contributed by atoms with Crippen LogP contribution in [0.3, 0.4) is 0 Å². The van der Waals surface area contributed by atoms with Crippen LogP contribution in [0.15, 0.2) is 82.7 Å². The number of anilines is 1. The maximum absolute atomic E-state index is 13.5. The predicted molar refractivity (Wildman–Crippen MR) is 128 cm³/mol. The van der Waals surface area contributed by atoms with Crippen molar-refractivity contribution in [2.45, 2.75) is 36.7 Å². The van der Waals surface area contributed by atoms with E-state index in [4.69, 9.17) is 4.98 Å². The van der Waals surface area contributed by atoms with Crippen molar-refractivity contribution in [2.75, 3.05) is 5.32 Å². The molecule has 5 rings (SSSR count). The van der Waals surface area contributed by atoms with Crippen LogP contribution in [0.4, 0.5) is 5.82 Å². The first-order valence-corrected chi connectivity index (χ1v) is 12.1. The number of rotatable bonds is 5. The zero-order valence-corrected chi connectivity index (χ0v) is 19.3. The molecule has 166 valence electrons. The molecular weight excluding hydrogens is 434 g/mol. The third-order valence-electron chi connectivity index (χ3n) is 5.92. The van der Waals surface area contributed by atoms with Crippen LogP contribution in [0.5, 0.6) is 0 Å². The minimum Gasteiger partial charge on any atom is -0.363 e. The Labute approximate surface area is 192 Å². The summed E-state index contributed by atoms with van der Waals surface area (Å²) in [5.74, 6) is 0.577. The standard InChI is InChI=1S/C25H23N5O2S/c1-16-13-14-20(15-17(16)2)33(31,32)25-24-27-23(26-18(3)19-9-5-4-6-10-19)21-11-7-8-12-22(21)30(24)29-28-25/h4-15,18H,1-3H3,(H,26,27). The molecule has 8 heteroatoms. The highest BCUT2D eigenvalue weighted by atomic mass is 32.2. The molecule has 1 unspecified atom stereocenters. The smallest absolute Gasteiger partial charge is 0.229 e. The maximum atomic E-state index is 13.5. The summed E-state index contributed by atoms with van der Waals surface area (Å²) < 4.78 is 28.5. The highest BCUT2D eigenvalue weighted by Gasteiger charge is 2.27. The van der Waals surface area contributed by atoms with E-state index in [9.17, 15) is 8.42 Å². The van der Waals surface area contributed by atoms with Gasteiger partial charge in [0.1, 0.15) is 5.82 Å². The molecule has 0 radical (unpaired) electrons. The molecule has 0 saturated carbocycles. The van der Waals surface area contributed by atoms with Crippen molar-refractivity contribution >= 4 is 32.2 Å². The first-order valence-electron chi connectivity index (χ1n) is 10.6. The van der Waals surface area contributed by atoms with Crippen molar-refractivity contribution in [3.63, 3.8) is 0 Å². The van der Waals surface area contributed by atoms with E-state index in [1.807, 2.05) is 75.4 Å². The summed E-state index contributed by atoms with van der Waals surface area (Å²) in [6.45, 7) is 5.87. The van der Waals surface area contributed by atoms with Gasteiger partial charge < -0.3 is 5.32 Å². The SMILES string of the molecule is Cc1ccc(S(=O)(=O)c2nnn3c2nc(NC(C)c2ccccc2)c2ccccc23)cc1C. The normalized spacial score (nSPS) is 12.8. The molecule has 7 nitrogen and oxygen atoms in total. The van der Waals surface area contributed by atoms with Crippen molar-refractivity contribution in [1.29, 1.82) is 0 Å². The van der Waals surface area contributed by atoms with Crippen LogP contribution in [0.2, 0.25) is 0 Å². The summed E-state index contributed by atoms with van der Waals surface area (Å²) in [6, 6.07) is 22.6. The van der Waals surface area contributed by atoms with Crippen molar-refractivity contribution in [2.24, 2.45) is 0 Å². The predicted octanol–water partition coefficient (Wildman–Crippen LogP) is 4.90. The Hall–Kier alpha value is -3.78. The largest absolute Gasteiger partial charge is 0.363 e. The number of fused-ring (bicyclic) bond motifs is 3. The molecule has 1 N–H and O–H groups in total. The van der Waals surface area contributed by atoms with Crippen molar-refractivity contribution < 1.29 is 8.42 Å². The van der Waals surface area contributed by atoms with Gasteiger partial charge in [0.15, 0.2) is 5.65 Å². The topological polar surface area (TPSA) is 89.2 Å². The fraction of sp³-hybridized carbons (Fsp3) is 0.160. The zero-order chi connectivity index (χ0) is 23.2. The van der Waals surface area contributed by atoms with Gasteiger partial charge in [-0.25, -0.2) is 13.4 Å². The summed E-state index contributed by atoms with van der Waals surface area (Å²) in [4.78, 5) is 4.88. The van der Waals surface area contributed by atoms with Gasteiger partial charge in [-0.3, -0.25) is 0 Å². The van der Waals surface area contributed by atoms with E-state index in [1.165, 1.54) is 4.52 Å². The van der Waals surface area contributed by atoms with E-state index in [-0.39, 0.29) is 21.6 Å². The van der Waals surface area contributed by atoms with Gasteiger partial charge in [-0.2, -0.15) is 4.52 Å². The van der Waals surface area contributed by atoms with Crippen LogP contribution in [0.25, 0.3) is 16.6 Å². The monoisotopic (exact) mass is 457 g/mol. The van der Waals surface area contributed by atoms with Crippen LogP contribution in [-0.2, 0) is 9.84 Å². The van der Waals surface area contributed by atoms with E-state index < -0.39 is 9.84 Å².